The van der Waals surface area contributed by atoms with Crippen LogP contribution in [0.5, 0.6) is 5.88 Å². The van der Waals surface area contributed by atoms with Gasteiger partial charge in [-0.2, -0.15) is 0 Å². The number of carbonyl (C=O) groups excluding carboxylic acids is 1. The first kappa shape index (κ1) is 18.6. The van der Waals surface area contributed by atoms with E-state index in [0.29, 0.717) is 24.4 Å². The summed E-state index contributed by atoms with van der Waals surface area (Å²) in [6.07, 6.45) is 7.36. The number of nitrogens with one attached hydrogen (secondary N) is 1. The number of benzene rings is 2. The van der Waals surface area contributed by atoms with Crippen LogP contribution in [0.25, 0.3) is 21.9 Å². The van der Waals surface area contributed by atoms with Crippen LogP contribution in [-0.2, 0) is 6.42 Å². The van der Waals surface area contributed by atoms with E-state index in [2.05, 4.69) is 26.3 Å². The predicted octanol–water partition coefficient (Wildman–Crippen LogP) is 3.67. The highest BCUT2D eigenvalue weighted by Crippen LogP contribution is 2.30. The first-order valence-corrected chi connectivity index (χ1v) is 9.31. The number of nitrogens with zero attached hydrogens (tertiary/aromatic N) is 3. The Labute approximate surface area is 168 Å². The van der Waals surface area contributed by atoms with Gasteiger partial charge in [0.05, 0.1) is 12.8 Å². The van der Waals surface area contributed by atoms with Crippen molar-refractivity contribution >= 4 is 16.7 Å². The number of methoxy groups -OCH3 is 1. The van der Waals surface area contributed by atoms with Crippen LogP contribution in [0.1, 0.15) is 16.1 Å². The molecule has 0 unspecified atom stereocenters. The Morgan fingerprint density at radius 1 is 1.03 bits per heavy atom. The van der Waals surface area contributed by atoms with Crippen LogP contribution in [-0.4, -0.2) is 34.5 Å². The molecule has 1 N–H and O–H groups in total. The van der Waals surface area contributed by atoms with Crippen LogP contribution in [0.3, 0.4) is 0 Å². The molecule has 2 aromatic heterocycles. The largest absolute Gasteiger partial charge is 0.481 e. The smallest absolute Gasteiger partial charge is 0.251 e. The average Bonchev–Trinajstić information content (AvgIpc) is 2.79. The van der Waals surface area contributed by atoms with Gasteiger partial charge in [-0.25, -0.2) is 4.98 Å². The number of pyridine rings is 1. The van der Waals surface area contributed by atoms with E-state index >= 15 is 0 Å². The summed E-state index contributed by atoms with van der Waals surface area (Å²) in [6.45, 7) is 0.506. The van der Waals surface area contributed by atoms with Crippen LogP contribution in [0, 0.1) is 0 Å². The zero-order chi connectivity index (χ0) is 20.1. The van der Waals surface area contributed by atoms with E-state index in [9.17, 15) is 4.79 Å². The fraction of sp³-hybridized carbons (Fsp3) is 0.130. The summed E-state index contributed by atoms with van der Waals surface area (Å²) in [4.78, 5) is 25.0. The molecule has 1 amide bonds. The molecule has 4 rings (SSSR count). The van der Waals surface area contributed by atoms with Gasteiger partial charge < -0.3 is 10.1 Å². The van der Waals surface area contributed by atoms with Gasteiger partial charge in [-0.3, -0.25) is 14.8 Å². The molecule has 0 saturated carbocycles. The van der Waals surface area contributed by atoms with Crippen LogP contribution in [0.4, 0.5) is 0 Å². The SMILES string of the molecule is COc1cc(-c2cccc3cc(C(=O)NCCc4cnccn4)ccc23)ccn1. The minimum absolute atomic E-state index is 0.105. The van der Waals surface area contributed by atoms with Gasteiger partial charge in [0.1, 0.15) is 0 Å². The van der Waals surface area contributed by atoms with Gasteiger partial charge in [-0.15, -0.1) is 0 Å². The van der Waals surface area contributed by atoms with Crippen molar-refractivity contribution in [3.63, 3.8) is 0 Å². The average molecular weight is 384 g/mol. The molecule has 6 nitrogen and oxygen atoms in total. The molecular formula is C23H20N4O2. The van der Waals surface area contributed by atoms with E-state index in [-0.39, 0.29) is 5.91 Å². The highest BCUT2D eigenvalue weighted by atomic mass is 16.5. The fourth-order valence-electron chi connectivity index (χ4n) is 3.23. The first-order valence-electron chi connectivity index (χ1n) is 9.31. The number of fused-ring (bicyclic) bond motifs is 1. The van der Waals surface area contributed by atoms with E-state index in [1.807, 2.05) is 42.5 Å². The Bertz CT molecular complexity index is 1150. The molecule has 2 aromatic carbocycles. The molecule has 29 heavy (non-hydrogen) atoms. The lowest BCUT2D eigenvalue weighted by Gasteiger charge is -2.10. The highest BCUT2D eigenvalue weighted by Gasteiger charge is 2.10. The third-order valence-corrected chi connectivity index (χ3v) is 4.68. The van der Waals surface area contributed by atoms with Gasteiger partial charge in [0.2, 0.25) is 5.88 Å². The molecule has 0 fully saturated rings. The summed E-state index contributed by atoms with van der Waals surface area (Å²) in [5.74, 6) is 0.463. The number of amides is 1. The van der Waals surface area contributed by atoms with Crippen molar-refractivity contribution in [1.29, 1.82) is 0 Å². The second-order valence-electron chi connectivity index (χ2n) is 6.53. The summed E-state index contributed by atoms with van der Waals surface area (Å²) in [6, 6.07) is 15.6. The van der Waals surface area contributed by atoms with Crippen LogP contribution in [0.2, 0.25) is 0 Å². The number of hydrogen-bond donors (Lipinski definition) is 1. The van der Waals surface area contributed by atoms with Crippen LogP contribution in [0.15, 0.2) is 73.3 Å². The van der Waals surface area contributed by atoms with Gasteiger partial charge >= 0.3 is 0 Å². The van der Waals surface area contributed by atoms with Crippen molar-refractivity contribution in [2.45, 2.75) is 6.42 Å². The van der Waals surface area contributed by atoms with E-state index in [0.717, 1.165) is 27.6 Å². The molecule has 0 spiro atoms. The standard InChI is InChI=1S/C23H20N4O2/c1-29-22-14-17(7-9-26-22)20-4-2-3-16-13-18(5-6-21(16)20)23(28)27-10-8-19-15-24-11-12-25-19/h2-7,9,11-15H,8,10H2,1H3,(H,27,28). The zero-order valence-electron chi connectivity index (χ0n) is 16.0. The number of rotatable bonds is 6. The Hall–Kier alpha value is -3.80. The van der Waals surface area contributed by atoms with E-state index < -0.39 is 0 Å². The Balaban J connectivity index is 1.54. The van der Waals surface area contributed by atoms with Crippen molar-refractivity contribution in [2.75, 3.05) is 13.7 Å². The molecule has 0 atom stereocenters. The Kier molecular flexibility index (Phi) is 5.42. The normalized spacial score (nSPS) is 10.7. The molecule has 2 heterocycles. The molecule has 0 saturated heterocycles. The van der Waals surface area contributed by atoms with Crippen molar-refractivity contribution in [1.82, 2.24) is 20.3 Å². The Morgan fingerprint density at radius 2 is 1.97 bits per heavy atom. The molecule has 0 radical (unpaired) electrons. The highest BCUT2D eigenvalue weighted by molar-refractivity contribution is 6.02. The topological polar surface area (TPSA) is 77.0 Å². The molecule has 0 aliphatic rings. The van der Waals surface area contributed by atoms with Crippen molar-refractivity contribution < 1.29 is 9.53 Å². The maximum Gasteiger partial charge on any atom is 0.251 e. The molecule has 4 aromatic rings. The minimum atomic E-state index is -0.105. The lowest BCUT2D eigenvalue weighted by Crippen LogP contribution is -2.25. The summed E-state index contributed by atoms with van der Waals surface area (Å²) in [5.41, 5.74) is 3.56. The molecule has 0 bridgehead atoms. The molecule has 144 valence electrons. The minimum Gasteiger partial charge on any atom is -0.481 e. The van der Waals surface area contributed by atoms with Gasteiger partial charge in [0, 0.05) is 49.4 Å². The summed E-state index contributed by atoms with van der Waals surface area (Å²) < 4.78 is 5.24. The van der Waals surface area contributed by atoms with E-state index in [1.165, 1.54) is 0 Å². The number of aromatic nitrogens is 3. The first-order chi connectivity index (χ1) is 14.2. The second-order valence-corrected chi connectivity index (χ2v) is 6.53. The summed E-state index contributed by atoms with van der Waals surface area (Å²) >= 11 is 0. The van der Waals surface area contributed by atoms with Crippen LogP contribution >= 0.6 is 0 Å². The van der Waals surface area contributed by atoms with Gasteiger partial charge in [0.15, 0.2) is 0 Å². The maximum absolute atomic E-state index is 12.5. The molecule has 0 aliphatic carbocycles. The molecule has 0 aliphatic heterocycles. The number of hydrogen-bond acceptors (Lipinski definition) is 5. The lowest BCUT2D eigenvalue weighted by molar-refractivity contribution is 0.0954. The second kappa shape index (κ2) is 8.48. The number of ether oxygens (including phenoxy) is 1. The molecule has 6 heteroatoms. The predicted molar refractivity (Wildman–Crippen MR) is 112 cm³/mol. The molecular weight excluding hydrogens is 364 g/mol. The van der Waals surface area contributed by atoms with E-state index in [1.54, 1.807) is 31.9 Å². The zero-order valence-corrected chi connectivity index (χ0v) is 16.0. The third-order valence-electron chi connectivity index (χ3n) is 4.68. The van der Waals surface area contributed by atoms with E-state index in [4.69, 9.17) is 4.74 Å². The van der Waals surface area contributed by atoms with Crippen molar-refractivity contribution in [2.24, 2.45) is 0 Å². The van der Waals surface area contributed by atoms with Gasteiger partial charge in [-0.05, 0) is 40.1 Å². The summed E-state index contributed by atoms with van der Waals surface area (Å²) in [7, 11) is 1.60. The monoisotopic (exact) mass is 384 g/mol. The van der Waals surface area contributed by atoms with Gasteiger partial charge in [-0.1, -0.05) is 24.3 Å². The maximum atomic E-state index is 12.5. The fourth-order valence-corrected chi connectivity index (χ4v) is 3.23. The summed E-state index contributed by atoms with van der Waals surface area (Å²) in [5, 5.41) is 5.01. The van der Waals surface area contributed by atoms with Crippen LogP contribution < -0.4 is 10.1 Å². The Morgan fingerprint density at radius 3 is 2.79 bits per heavy atom. The third kappa shape index (κ3) is 4.21. The van der Waals surface area contributed by atoms with Gasteiger partial charge in [0.25, 0.3) is 5.91 Å². The quantitative estimate of drug-likeness (QED) is 0.549. The van der Waals surface area contributed by atoms with Crippen molar-refractivity contribution in [3.05, 3.63) is 84.6 Å². The number of carbonyl (C=O) groups is 1. The lowest BCUT2D eigenvalue weighted by atomic mass is 9.97. The van der Waals surface area contributed by atoms with Crippen molar-refractivity contribution in [3.8, 4) is 17.0 Å².